The summed E-state index contributed by atoms with van der Waals surface area (Å²) in [4.78, 5) is 4.29. The summed E-state index contributed by atoms with van der Waals surface area (Å²) in [6.45, 7) is 8.02. The quantitative estimate of drug-likeness (QED) is 0.720. The molecule has 17 heavy (non-hydrogen) atoms. The second-order valence-corrected chi connectivity index (χ2v) is 5.34. The normalized spacial score (nSPS) is 11.8. The van der Waals surface area contributed by atoms with Gasteiger partial charge in [0.2, 0.25) is 0 Å². The van der Waals surface area contributed by atoms with E-state index in [1.165, 1.54) is 6.20 Å². The van der Waals surface area contributed by atoms with Gasteiger partial charge < -0.3 is 0 Å². The Morgan fingerprint density at radius 2 is 2.06 bits per heavy atom. The first-order valence-electron chi connectivity index (χ1n) is 5.30. The topological polar surface area (TPSA) is 54.5 Å². The molecule has 88 valence electrons. The van der Waals surface area contributed by atoms with E-state index in [1.807, 2.05) is 38.4 Å². The third kappa shape index (κ3) is 1.77. The Balaban J connectivity index is 2.89. The molecule has 4 nitrogen and oxygen atoms in total. The average molecular weight is 249 g/mol. The molecule has 2 aromatic rings. The minimum Gasteiger partial charge on any atom is -0.242 e. The second kappa shape index (κ2) is 3.71. The highest BCUT2D eigenvalue weighted by atomic mass is 35.5. The van der Waals surface area contributed by atoms with Crippen molar-refractivity contribution < 1.29 is 0 Å². The monoisotopic (exact) mass is 248 g/mol. The summed E-state index contributed by atoms with van der Waals surface area (Å²) in [6.07, 6.45) is 1.49. The van der Waals surface area contributed by atoms with E-state index in [-0.39, 0.29) is 5.54 Å². The Hall–Kier alpha value is -1.60. The lowest BCUT2D eigenvalue weighted by atomic mass is 10.1. The van der Waals surface area contributed by atoms with Crippen LogP contribution in [0.5, 0.6) is 0 Å². The van der Waals surface area contributed by atoms with Crippen molar-refractivity contribution >= 4 is 22.6 Å². The minimum atomic E-state index is -0.170. The van der Waals surface area contributed by atoms with E-state index in [9.17, 15) is 0 Å². The van der Waals surface area contributed by atoms with Gasteiger partial charge in [-0.3, -0.25) is 0 Å². The van der Waals surface area contributed by atoms with E-state index >= 15 is 0 Å². The van der Waals surface area contributed by atoms with E-state index in [4.69, 9.17) is 16.9 Å². The van der Waals surface area contributed by atoms with Gasteiger partial charge in [-0.15, -0.1) is 0 Å². The average Bonchev–Trinajstić information content (AvgIpc) is 2.57. The summed E-state index contributed by atoms with van der Waals surface area (Å²) in [6, 6.07) is 2.03. The Morgan fingerprint density at radius 3 is 2.59 bits per heavy atom. The van der Waals surface area contributed by atoms with Crippen LogP contribution in [0.1, 0.15) is 32.0 Å². The summed E-state index contributed by atoms with van der Waals surface area (Å²) in [5.41, 5.74) is 1.73. The lowest BCUT2D eigenvalue weighted by Gasteiger charge is -2.19. The number of nitriles is 1. The number of hydrogen-bond acceptors (Lipinski definition) is 3. The molecule has 0 saturated heterocycles. The van der Waals surface area contributed by atoms with Gasteiger partial charge in [-0.1, -0.05) is 11.6 Å². The standard InChI is InChI=1S/C12H13ClN4/c1-7-9-10(13)8(5-14)6-15-11(9)17(16-7)12(2,3)4/h6H,1-4H3. The van der Waals surface area contributed by atoms with Crippen LogP contribution < -0.4 is 0 Å². The predicted molar refractivity (Wildman–Crippen MR) is 67.0 cm³/mol. The zero-order chi connectivity index (χ0) is 12.8. The van der Waals surface area contributed by atoms with Gasteiger partial charge in [-0.05, 0) is 27.7 Å². The van der Waals surface area contributed by atoms with Crippen LogP contribution in [-0.4, -0.2) is 14.8 Å². The maximum absolute atomic E-state index is 8.93. The molecule has 0 aliphatic heterocycles. The molecule has 0 fully saturated rings. The van der Waals surface area contributed by atoms with Crippen LogP contribution in [0.2, 0.25) is 5.02 Å². The molecule has 0 atom stereocenters. The van der Waals surface area contributed by atoms with Crippen LogP contribution in [-0.2, 0) is 5.54 Å². The largest absolute Gasteiger partial charge is 0.242 e. The number of fused-ring (bicyclic) bond motifs is 1. The van der Waals surface area contributed by atoms with Crippen LogP contribution in [0.3, 0.4) is 0 Å². The van der Waals surface area contributed by atoms with Crippen molar-refractivity contribution in [2.75, 3.05) is 0 Å². The van der Waals surface area contributed by atoms with Crippen LogP contribution in [0.4, 0.5) is 0 Å². The van der Waals surface area contributed by atoms with Crippen molar-refractivity contribution in [3.8, 4) is 6.07 Å². The minimum absolute atomic E-state index is 0.170. The Bertz CT molecular complexity index is 628. The first kappa shape index (κ1) is 11.9. The molecule has 2 aromatic heterocycles. The Morgan fingerprint density at radius 1 is 1.41 bits per heavy atom. The smallest absolute Gasteiger partial charge is 0.160 e. The number of halogens is 1. The first-order valence-corrected chi connectivity index (χ1v) is 5.68. The second-order valence-electron chi connectivity index (χ2n) is 4.96. The van der Waals surface area contributed by atoms with Crippen LogP contribution >= 0.6 is 11.6 Å². The van der Waals surface area contributed by atoms with E-state index in [0.717, 1.165) is 16.7 Å². The molecular formula is C12H13ClN4. The molecule has 0 aliphatic rings. The van der Waals surface area contributed by atoms with E-state index in [2.05, 4.69) is 10.1 Å². The van der Waals surface area contributed by atoms with E-state index in [0.29, 0.717) is 10.6 Å². The molecule has 0 amide bonds. The van der Waals surface area contributed by atoms with E-state index in [1.54, 1.807) is 0 Å². The fraction of sp³-hybridized carbons (Fsp3) is 0.417. The molecule has 0 bridgehead atoms. The SMILES string of the molecule is Cc1nn(C(C)(C)C)c2ncc(C#N)c(Cl)c12. The highest BCUT2D eigenvalue weighted by Gasteiger charge is 2.22. The maximum atomic E-state index is 8.93. The molecule has 0 saturated carbocycles. The molecule has 0 N–H and O–H groups in total. The summed E-state index contributed by atoms with van der Waals surface area (Å²) in [5, 5.41) is 14.6. The summed E-state index contributed by atoms with van der Waals surface area (Å²) in [5.74, 6) is 0. The number of hydrogen-bond donors (Lipinski definition) is 0. The molecule has 2 rings (SSSR count). The fourth-order valence-corrected chi connectivity index (χ4v) is 2.07. The maximum Gasteiger partial charge on any atom is 0.160 e. The van der Waals surface area contributed by atoms with Gasteiger partial charge in [0.05, 0.1) is 27.2 Å². The van der Waals surface area contributed by atoms with Gasteiger partial charge in [-0.25, -0.2) is 9.67 Å². The van der Waals surface area contributed by atoms with Crippen molar-refractivity contribution in [3.05, 3.63) is 22.5 Å². The highest BCUT2D eigenvalue weighted by Crippen LogP contribution is 2.30. The third-order valence-electron chi connectivity index (χ3n) is 2.56. The van der Waals surface area contributed by atoms with Crippen LogP contribution in [0.25, 0.3) is 11.0 Å². The Kier molecular flexibility index (Phi) is 2.59. The zero-order valence-electron chi connectivity index (χ0n) is 10.2. The molecule has 0 spiro atoms. The van der Waals surface area contributed by atoms with Crippen molar-refractivity contribution in [1.29, 1.82) is 5.26 Å². The van der Waals surface area contributed by atoms with Crippen molar-refractivity contribution in [2.45, 2.75) is 33.2 Å². The number of pyridine rings is 1. The van der Waals surface area contributed by atoms with Crippen LogP contribution in [0.15, 0.2) is 6.20 Å². The Labute approximate surface area is 105 Å². The van der Waals surface area contributed by atoms with Gasteiger partial charge in [0.25, 0.3) is 0 Å². The van der Waals surface area contributed by atoms with E-state index < -0.39 is 0 Å². The van der Waals surface area contributed by atoms with Crippen LogP contribution in [0, 0.1) is 18.3 Å². The van der Waals surface area contributed by atoms with Gasteiger partial charge in [0.15, 0.2) is 5.65 Å². The van der Waals surface area contributed by atoms with Gasteiger partial charge in [-0.2, -0.15) is 10.4 Å². The van der Waals surface area contributed by atoms with Crippen molar-refractivity contribution in [1.82, 2.24) is 14.8 Å². The fourth-order valence-electron chi connectivity index (χ4n) is 1.75. The number of aromatic nitrogens is 3. The molecule has 0 radical (unpaired) electrons. The zero-order valence-corrected chi connectivity index (χ0v) is 11.0. The molecule has 0 aliphatic carbocycles. The van der Waals surface area contributed by atoms with Crippen molar-refractivity contribution in [2.24, 2.45) is 0 Å². The summed E-state index contributed by atoms with van der Waals surface area (Å²) in [7, 11) is 0. The lowest BCUT2D eigenvalue weighted by molar-refractivity contribution is 0.364. The highest BCUT2D eigenvalue weighted by molar-refractivity contribution is 6.36. The molecule has 0 unspecified atom stereocenters. The molecule has 5 heteroatoms. The summed E-state index contributed by atoms with van der Waals surface area (Å²) < 4.78 is 1.84. The number of aryl methyl sites for hydroxylation is 1. The first-order chi connectivity index (χ1) is 7.86. The van der Waals surface area contributed by atoms with Gasteiger partial charge >= 0.3 is 0 Å². The third-order valence-corrected chi connectivity index (χ3v) is 2.96. The molecular weight excluding hydrogens is 236 g/mol. The van der Waals surface area contributed by atoms with Gasteiger partial charge in [0, 0.05) is 6.20 Å². The number of nitrogens with zero attached hydrogens (tertiary/aromatic N) is 4. The summed E-state index contributed by atoms with van der Waals surface area (Å²) >= 11 is 6.19. The molecule has 2 heterocycles. The predicted octanol–water partition coefficient (Wildman–Crippen LogP) is 3.02. The number of rotatable bonds is 0. The van der Waals surface area contributed by atoms with Gasteiger partial charge in [0.1, 0.15) is 6.07 Å². The van der Waals surface area contributed by atoms with Crippen molar-refractivity contribution in [3.63, 3.8) is 0 Å². The lowest BCUT2D eigenvalue weighted by Crippen LogP contribution is -2.23. The molecule has 0 aromatic carbocycles.